The Morgan fingerprint density at radius 3 is 1.68 bits per heavy atom. The number of alkyl halides is 3. The summed E-state index contributed by atoms with van der Waals surface area (Å²) in [6.45, 7) is 1.99. The maximum atomic E-state index is 15.0. The van der Waals surface area contributed by atoms with Crippen LogP contribution in [0.4, 0.5) is 35.1 Å². The Labute approximate surface area is 226 Å². The van der Waals surface area contributed by atoms with Crippen LogP contribution in [0.2, 0.25) is 0 Å². The van der Waals surface area contributed by atoms with E-state index in [1.54, 1.807) is 18.2 Å². The third-order valence-corrected chi connectivity index (χ3v) is 6.33. The summed E-state index contributed by atoms with van der Waals surface area (Å²) in [7, 11) is 0. The number of benzene rings is 4. The van der Waals surface area contributed by atoms with E-state index in [4.69, 9.17) is 0 Å². The standard InChI is InChI=1S/C32H22F8/c1-2-3-19-5-10-24(28(34)14-19)23-9-11-25(31(37)18-23)22-8-7-21(27(33)17-22)6-4-20-15-29(35)26(30(36)16-20)12-13-32(38,39)40/h5,7-11,14-18H,2-4,6H2,1H3. The highest BCUT2D eigenvalue weighted by atomic mass is 19.4. The molecular weight excluding hydrogens is 536 g/mol. The van der Waals surface area contributed by atoms with Gasteiger partial charge >= 0.3 is 6.18 Å². The summed E-state index contributed by atoms with van der Waals surface area (Å²) in [4.78, 5) is 0. The Hall–Kier alpha value is -4.12. The van der Waals surface area contributed by atoms with Crippen molar-refractivity contribution in [3.63, 3.8) is 0 Å². The maximum Gasteiger partial charge on any atom is 0.458 e. The number of hydrogen-bond donors (Lipinski definition) is 0. The van der Waals surface area contributed by atoms with Crippen molar-refractivity contribution in [2.45, 2.75) is 38.8 Å². The third kappa shape index (κ3) is 6.90. The molecule has 0 aliphatic heterocycles. The van der Waals surface area contributed by atoms with Gasteiger partial charge in [0.05, 0.1) is 5.56 Å². The molecule has 0 saturated carbocycles. The van der Waals surface area contributed by atoms with E-state index < -0.39 is 40.8 Å². The Morgan fingerprint density at radius 1 is 0.575 bits per heavy atom. The van der Waals surface area contributed by atoms with E-state index in [1.807, 2.05) is 6.92 Å². The molecule has 0 heterocycles. The molecule has 4 rings (SSSR count). The van der Waals surface area contributed by atoms with E-state index in [1.165, 1.54) is 36.3 Å². The minimum Gasteiger partial charge on any atom is -0.207 e. The molecule has 0 spiro atoms. The number of aryl methyl sites for hydroxylation is 3. The first-order valence-corrected chi connectivity index (χ1v) is 12.4. The van der Waals surface area contributed by atoms with Crippen LogP contribution < -0.4 is 0 Å². The quantitative estimate of drug-likeness (QED) is 0.157. The lowest BCUT2D eigenvalue weighted by Crippen LogP contribution is -2.03. The van der Waals surface area contributed by atoms with E-state index in [9.17, 15) is 35.1 Å². The minimum atomic E-state index is -4.90. The lowest BCUT2D eigenvalue weighted by molar-refractivity contribution is -0.0696. The Bertz CT molecular complexity index is 1580. The fourth-order valence-electron chi connectivity index (χ4n) is 4.37. The lowest BCUT2D eigenvalue weighted by atomic mass is 9.96. The Kier molecular flexibility index (Phi) is 8.63. The van der Waals surface area contributed by atoms with Crippen LogP contribution in [0.1, 0.15) is 35.6 Å². The number of hydrogen-bond acceptors (Lipinski definition) is 0. The smallest absolute Gasteiger partial charge is 0.207 e. The molecule has 0 N–H and O–H groups in total. The predicted octanol–water partition coefficient (Wildman–Crippen LogP) is 9.37. The zero-order valence-electron chi connectivity index (χ0n) is 21.2. The van der Waals surface area contributed by atoms with E-state index in [-0.39, 0.29) is 40.7 Å². The van der Waals surface area contributed by atoms with Gasteiger partial charge in [-0.3, -0.25) is 0 Å². The van der Waals surface area contributed by atoms with Crippen LogP contribution in [0.25, 0.3) is 22.3 Å². The van der Waals surface area contributed by atoms with Crippen molar-refractivity contribution in [2.24, 2.45) is 0 Å². The van der Waals surface area contributed by atoms with Gasteiger partial charge in [0.25, 0.3) is 0 Å². The second kappa shape index (κ2) is 12.0. The third-order valence-electron chi connectivity index (χ3n) is 6.33. The summed E-state index contributed by atoms with van der Waals surface area (Å²) in [6, 6.07) is 14.7. The molecule has 0 aliphatic rings. The molecule has 4 aromatic carbocycles. The van der Waals surface area contributed by atoms with Gasteiger partial charge in [0, 0.05) is 17.0 Å². The number of halogens is 8. The van der Waals surface area contributed by atoms with Gasteiger partial charge in [0.2, 0.25) is 0 Å². The number of rotatable bonds is 7. The molecule has 0 radical (unpaired) electrons. The molecular formula is C32H22F8. The molecule has 0 saturated heterocycles. The molecule has 0 unspecified atom stereocenters. The molecule has 0 aromatic heterocycles. The molecule has 8 heteroatoms. The first-order chi connectivity index (χ1) is 18.9. The van der Waals surface area contributed by atoms with E-state index in [0.29, 0.717) is 5.56 Å². The second-order valence-corrected chi connectivity index (χ2v) is 9.25. The fourth-order valence-corrected chi connectivity index (χ4v) is 4.37. The van der Waals surface area contributed by atoms with Crippen molar-refractivity contribution < 1.29 is 35.1 Å². The molecule has 4 aromatic rings. The zero-order chi connectivity index (χ0) is 29.0. The average Bonchev–Trinajstić information content (AvgIpc) is 2.87. The fraction of sp³-hybridized carbons (Fsp3) is 0.188. The summed E-state index contributed by atoms with van der Waals surface area (Å²) in [5.41, 5.74) is 1.09. The van der Waals surface area contributed by atoms with Crippen molar-refractivity contribution in [1.29, 1.82) is 0 Å². The minimum absolute atomic E-state index is 0.0112. The van der Waals surface area contributed by atoms with Crippen molar-refractivity contribution in [3.8, 4) is 34.1 Å². The van der Waals surface area contributed by atoms with Crippen molar-refractivity contribution in [2.75, 3.05) is 0 Å². The highest BCUT2D eigenvalue weighted by Gasteiger charge is 2.23. The topological polar surface area (TPSA) is 0 Å². The summed E-state index contributed by atoms with van der Waals surface area (Å²) in [5, 5.41) is 0. The highest BCUT2D eigenvalue weighted by molar-refractivity contribution is 5.71. The monoisotopic (exact) mass is 558 g/mol. The predicted molar refractivity (Wildman–Crippen MR) is 138 cm³/mol. The molecule has 40 heavy (non-hydrogen) atoms. The van der Waals surface area contributed by atoms with Gasteiger partial charge in [-0.25, -0.2) is 22.0 Å². The SMILES string of the molecule is CCCc1ccc(-c2ccc(-c3ccc(CCc4cc(F)c(C#CC(F)(F)F)c(F)c4)c(F)c3)c(F)c2)c(F)c1. The van der Waals surface area contributed by atoms with E-state index in [2.05, 4.69) is 0 Å². The molecule has 0 nitrogen and oxygen atoms in total. The van der Waals surface area contributed by atoms with Gasteiger partial charge in [-0.2, -0.15) is 13.2 Å². The van der Waals surface area contributed by atoms with Crippen molar-refractivity contribution in [3.05, 3.63) is 118 Å². The van der Waals surface area contributed by atoms with Crippen molar-refractivity contribution >= 4 is 0 Å². The van der Waals surface area contributed by atoms with Crippen LogP contribution >= 0.6 is 0 Å². The normalized spacial score (nSPS) is 11.3. The summed E-state index contributed by atoms with van der Waals surface area (Å²) in [5.74, 6) is -2.03. The summed E-state index contributed by atoms with van der Waals surface area (Å²) in [6.07, 6.45) is -3.29. The summed E-state index contributed by atoms with van der Waals surface area (Å²) >= 11 is 0. The molecule has 0 aliphatic carbocycles. The van der Waals surface area contributed by atoms with Crippen LogP contribution in [-0.2, 0) is 19.3 Å². The van der Waals surface area contributed by atoms with Gasteiger partial charge in [-0.15, -0.1) is 0 Å². The Balaban J connectivity index is 1.50. The van der Waals surface area contributed by atoms with Crippen LogP contribution in [0, 0.1) is 40.9 Å². The molecule has 0 fully saturated rings. The lowest BCUT2D eigenvalue weighted by Gasteiger charge is -2.11. The van der Waals surface area contributed by atoms with Crippen LogP contribution in [0.15, 0.2) is 66.7 Å². The van der Waals surface area contributed by atoms with Crippen molar-refractivity contribution in [1.82, 2.24) is 0 Å². The van der Waals surface area contributed by atoms with E-state index >= 15 is 0 Å². The molecule has 0 bridgehead atoms. The van der Waals surface area contributed by atoms with Gasteiger partial charge in [-0.05, 0) is 77.4 Å². The summed E-state index contributed by atoms with van der Waals surface area (Å²) < 4.78 is 109. The van der Waals surface area contributed by atoms with Gasteiger partial charge in [0.15, 0.2) is 0 Å². The largest absolute Gasteiger partial charge is 0.458 e. The molecule has 0 amide bonds. The van der Waals surface area contributed by atoms with Gasteiger partial charge < -0.3 is 0 Å². The first kappa shape index (κ1) is 28.9. The van der Waals surface area contributed by atoms with Crippen LogP contribution in [-0.4, -0.2) is 6.18 Å². The molecule has 0 atom stereocenters. The molecule has 206 valence electrons. The zero-order valence-corrected chi connectivity index (χ0v) is 21.2. The average molecular weight is 559 g/mol. The maximum absolute atomic E-state index is 15.0. The van der Waals surface area contributed by atoms with Crippen LogP contribution in [0.5, 0.6) is 0 Å². The van der Waals surface area contributed by atoms with Crippen LogP contribution in [0.3, 0.4) is 0 Å². The Morgan fingerprint density at radius 2 is 1.12 bits per heavy atom. The first-order valence-electron chi connectivity index (χ1n) is 12.4. The van der Waals surface area contributed by atoms with E-state index in [0.717, 1.165) is 42.5 Å². The van der Waals surface area contributed by atoms with Gasteiger partial charge in [0.1, 0.15) is 29.1 Å². The highest BCUT2D eigenvalue weighted by Crippen LogP contribution is 2.31. The van der Waals surface area contributed by atoms with Gasteiger partial charge in [-0.1, -0.05) is 55.7 Å². The second-order valence-electron chi connectivity index (χ2n) is 9.25.